The highest BCUT2D eigenvalue weighted by molar-refractivity contribution is 5.47. The summed E-state index contributed by atoms with van der Waals surface area (Å²) in [7, 11) is 0. The van der Waals surface area contributed by atoms with E-state index in [-0.39, 0.29) is 0 Å². The summed E-state index contributed by atoms with van der Waals surface area (Å²) >= 11 is 0. The molecule has 0 amide bonds. The molecule has 0 heterocycles. The zero-order valence-electron chi connectivity index (χ0n) is 14.8. The van der Waals surface area contributed by atoms with Crippen molar-refractivity contribution in [3.63, 3.8) is 0 Å². The van der Waals surface area contributed by atoms with Crippen molar-refractivity contribution in [2.24, 2.45) is 0 Å². The molecule has 0 aliphatic heterocycles. The number of aliphatic hydroxyl groups is 2. The molecule has 3 nitrogen and oxygen atoms in total. The van der Waals surface area contributed by atoms with Gasteiger partial charge in [0, 0.05) is 11.1 Å². The number of hydrogen-bond donors (Lipinski definition) is 2. The zero-order valence-corrected chi connectivity index (χ0v) is 14.8. The van der Waals surface area contributed by atoms with E-state index in [2.05, 4.69) is 0 Å². The second-order valence-electron chi connectivity index (χ2n) is 7.22. The summed E-state index contributed by atoms with van der Waals surface area (Å²) in [6, 6.07) is 11.5. The Morgan fingerprint density at radius 2 is 1.04 bits per heavy atom. The van der Waals surface area contributed by atoms with Crippen molar-refractivity contribution >= 4 is 0 Å². The van der Waals surface area contributed by atoms with Crippen LogP contribution in [0.3, 0.4) is 0 Å². The summed E-state index contributed by atoms with van der Waals surface area (Å²) in [5.41, 5.74) is 1.53. The minimum atomic E-state index is -1.01. The van der Waals surface area contributed by atoms with Gasteiger partial charge in [-0.15, -0.1) is 0 Å². The Hall–Kier alpha value is -1.84. The lowest BCUT2D eigenvalue weighted by atomic mass is 9.94. The van der Waals surface area contributed by atoms with Crippen molar-refractivity contribution < 1.29 is 14.9 Å². The summed E-state index contributed by atoms with van der Waals surface area (Å²) in [5, 5.41) is 20.8. The van der Waals surface area contributed by atoms with Gasteiger partial charge >= 0.3 is 0 Å². The molecule has 0 aromatic heterocycles. The maximum absolute atomic E-state index is 10.4. The molecule has 0 radical (unpaired) electrons. The van der Waals surface area contributed by atoms with Gasteiger partial charge < -0.3 is 14.9 Å². The van der Waals surface area contributed by atoms with Crippen LogP contribution in [-0.4, -0.2) is 10.2 Å². The second kappa shape index (κ2) is 5.99. The van der Waals surface area contributed by atoms with Crippen LogP contribution >= 0.6 is 0 Å². The highest BCUT2D eigenvalue weighted by Gasteiger charge is 2.25. The van der Waals surface area contributed by atoms with Gasteiger partial charge in [0.2, 0.25) is 0 Å². The van der Waals surface area contributed by atoms with E-state index in [9.17, 15) is 10.2 Å². The van der Waals surface area contributed by atoms with Crippen LogP contribution in [0, 0.1) is 13.8 Å². The summed E-state index contributed by atoms with van der Waals surface area (Å²) < 4.78 is 6.08. The van der Waals surface area contributed by atoms with Crippen LogP contribution in [0.1, 0.15) is 49.9 Å². The molecule has 0 unspecified atom stereocenters. The predicted molar refractivity (Wildman–Crippen MR) is 92.9 cm³/mol. The van der Waals surface area contributed by atoms with Crippen LogP contribution in [-0.2, 0) is 11.2 Å². The Kier molecular flexibility index (Phi) is 4.56. The SMILES string of the molecule is Cc1ccc(Oc2ccc(C)cc2C(C)(C)O)c(C(C)(C)O)c1. The molecule has 3 heteroatoms. The molecule has 0 spiro atoms. The van der Waals surface area contributed by atoms with Crippen LogP contribution in [0.4, 0.5) is 0 Å². The fraction of sp³-hybridized carbons (Fsp3) is 0.400. The number of rotatable bonds is 4. The van der Waals surface area contributed by atoms with Gasteiger partial charge in [0.05, 0.1) is 11.2 Å². The molecule has 0 bridgehead atoms. The maximum atomic E-state index is 10.4. The van der Waals surface area contributed by atoms with Gasteiger partial charge in [-0.25, -0.2) is 0 Å². The Morgan fingerprint density at radius 3 is 1.35 bits per heavy atom. The van der Waals surface area contributed by atoms with Crippen LogP contribution in [0.15, 0.2) is 36.4 Å². The molecule has 0 aliphatic carbocycles. The van der Waals surface area contributed by atoms with E-state index in [0.29, 0.717) is 11.5 Å². The standard InChI is InChI=1S/C20H26O3/c1-13-7-9-17(15(11-13)19(3,4)21)23-18-10-8-14(2)12-16(18)20(5,6)22/h7-12,21-22H,1-6H3. The quantitative estimate of drug-likeness (QED) is 0.870. The molecule has 2 aromatic carbocycles. The molecule has 0 saturated carbocycles. The fourth-order valence-corrected chi connectivity index (χ4v) is 2.54. The van der Waals surface area contributed by atoms with Crippen LogP contribution in [0.2, 0.25) is 0 Å². The average Bonchev–Trinajstić information content (AvgIpc) is 2.40. The third-order valence-electron chi connectivity index (χ3n) is 3.81. The van der Waals surface area contributed by atoms with E-state index in [4.69, 9.17) is 4.74 Å². The van der Waals surface area contributed by atoms with Crippen molar-refractivity contribution in [1.82, 2.24) is 0 Å². The Labute approximate surface area is 138 Å². The molecule has 0 atom stereocenters. The summed E-state index contributed by atoms with van der Waals surface area (Å²) in [4.78, 5) is 0. The second-order valence-corrected chi connectivity index (χ2v) is 7.22. The van der Waals surface area contributed by atoms with Gasteiger partial charge in [-0.3, -0.25) is 0 Å². The van der Waals surface area contributed by atoms with E-state index in [0.717, 1.165) is 22.3 Å². The molecule has 0 fully saturated rings. The molecule has 124 valence electrons. The zero-order chi connectivity index (χ0) is 17.4. The molecule has 0 saturated heterocycles. The molecule has 2 aromatic rings. The first-order valence-electron chi connectivity index (χ1n) is 7.83. The number of ether oxygens (including phenoxy) is 1. The van der Waals surface area contributed by atoms with Crippen LogP contribution in [0.25, 0.3) is 0 Å². The van der Waals surface area contributed by atoms with Crippen molar-refractivity contribution in [3.8, 4) is 11.5 Å². The largest absolute Gasteiger partial charge is 0.457 e. The molecule has 23 heavy (non-hydrogen) atoms. The topological polar surface area (TPSA) is 49.7 Å². The van der Waals surface area contributed by atoms with Gasteiger partial charge in [0.15, 0.2) is 0 Å². The normalized spacial score (nSPS) is 12.3. The van der Waals surface area contributed by atoms with Gasteiger partial charge in [-0.05, 0) is 65.8 Å². The molecule has 0 aliphatic rings. The predicted octanol–water partition coefficient (Wildman–Crippen LogP) is 4.55. The van der Waals surface area contributed by atoms with Gasteiger partial charge in [-0.2, -0.15) is 0 Å². The number of aryl methyl sites for hydroxylation is 2. The third kappa shape index (κ3) is 4.12. The molecular formula is C20H26O3. The van der Waals surface area contributed by atoms with Gasteiger partial charge in [0.25, 0.3) is 0 Å². The monoisotopic (exact) mass is 314 g/mol. The van der Waals surface area contributed by atoms with Crippen molar-refractivity contribution in [2.75, 3.05) is 0 Å². The highest BCUT2D eigenvalue weighted by Crippen LogP contribution is 2.38. The summed E-state index contributed by atoms with van der Waals surface area (Å²) in [6.45, 7) is 10.9. The lowest BCUT2D eigenvalue weighted by molar-refractivity contribution is 0.0734. The Morgan fingerprint density at radius 1 is 0.696 bits per heavy atom. The average molecular weight is 314 g/mol. The first-order chi connectivity index (χ1) is 10.5. The first-order valence-corrected chi connectivity index (χ1v) is 7.83. The summed E-state index contributed by atoms with van der Waals surface area (Å²) in [6.07, 6.45) is 0. The lowest BCUT2D eigenvalue weighted by Gasteiger charge is -2.25. The molecule has 2 rings (SSSR count). The van der Waals surface area contributed by atoms with Crippen molar-refractivity contribution in [2.45, 2.75) is 52.7 Å². The minimum absolute atomic E-state index is 0.595. The van der Waals surface area contributed by atoms with Crippen molar-refractivity contribution in [1.29, 1.82) is 0 Å². The van der Waals surface area contributed by atoms with Crippen LogP contribution < -0.4 is 4.74 Å². The summed E-state index contributed by atoms with van der Waals surface area (Å²) in [5.74, 6) is 1.19. The van der Waals surface area contributed by atoms with Gasteiger partial charge in [-0.1, -0.05) is 23.3 Å². The third-order valence-corrected chi connectivity index (χ3v) is 3.81. The molecular weight excluding hydrogens is 288 g/mol. The Bertz CT molecular complexity index is 642. The Balaban J connectivity index is 2.53. The van der Waals surface area contributed by atoms with E-state index in [1.807, 2.05) is 50.2 Å². The fourth-order valence-electron chi connectivity index (χ4n) is 2.54. The minimum Gasteiger partial charge on any atom is -0.457 e. The van der Waals surface area contributed by atoms with E-state index < -0.39 is 11.2 Å². The lowest BCUT2D eigenvalue weighted by Crippen LogP contribution is -2.19. The van der Waals surface area contributed by atoms with Gasteiger partial charge in [0.1, 0.15) is 11.5 Å². The van der Waals surface area contributed by atoms with E-state index >= 15 is 0 Å². The first kappa shape index (κ1) is 17.5. The number of benzene rings is 2. The van der Waals surface area contributed by atoms with E-state index in [1.165, 1.54) is 0 Å². The van der Waals surface area contributed by atoms with E-state index in [1.54, 1.807) is 27.7 Å². The maximum Gasteiger partial charge on any atom is 0.133 e. The molecule has 2 N–H and O–H groups in total. The number of hydrogen-bond acceptors (Lipinski definition) is 3. The van der Waals surface area contributed by atoms with Crippen molar-refractivity contribution in [3.05, 3.63) is 58.7 Å². The smallest absolute Gasteiger partial charge is 0.133 e. The van der Waals surface area contributed by atoms with Crippen LogP contribution in [0.5, 0.6) is 11.5 Å². The highest BCUT2D eigenvalue weighted by atomic mass is 16.5.